The van der Waals surface area contributed by atoms with Gasteiger partial charge in [0.15, 0.2) is 10.5 Å². The van der Waals surface area contributed by atoms with Crippen LogP contribution in [0.5, 0.6) is 0 Å². The van der Waals surface area contributed by atoms with Crippen molar-refractivity contribution in [1.29, 1.82) is 0 Å². The summed E-state index contributed by atoms with van der Waals surface area (Å²) in [5.41, 5.74) is 0. The smallest absolute Gasteiger partial charge is 0.216 e. The van der Waals surface area contributed by atoms with Crippen LogP contribution in [0.4, 0.5) is 0 Å². The summed E-state index contributed by atoms with van der Waals surface area (Å²) in [6.45, 7) is 0. The van der Waals surface area contributed by atoms with Crippen molar-refractivity contribution in [3.8, 4) is 0 Å². The van der Waals surface area contributed by atoms with Crippen LogP contribution in [0.3, 0.4) is 0 Å². The van der Waals surface area contributed by atoms with Crippen molar-refractivity contribution in [3.63, 3.8) is 0 Å². The Morgan fingerprint density at radius 1 is 0.533 bits per heavy atom. The summed E-state index contributed by atoms with van der Waals surface area (Å²) in [5, 5.41) is 1.88. The molecule has 0 amide bonds. The van der Waals surface area contributed by atoms with Crippen LogP contribution in [0.25, 0.3) is 0 Å². The maximum absolute atomic E-state index is 8.49. The van der Waals surface area contributed by atoms with E-state index in [1.54, 1.807) is 19.6 Å². The summed E-state index contributed by atoms with van der Waals surface area (Å²) in [6.07, 6.45) is 5.82. The molecule has 2 bridgehead atoms. The second-order valence-corrected chi connectivity index (χ2v) is 12.5. The van der Waals surface area contributed by atoms with Gasteiger partial charge in [0.2, 0.25) is 19.6 Å². The zero-order valence-electron chi connectivity index (χ0n) is 15.4. The van der Waals surface area contributed by atoms with Gasteiger partial charge in [0, 0.05) is 12.8 Å². The quantitative estimate of drug-likeness (QED) is 0.324. The summed E-state index contributed by atoms with van der Waals surface area (Å²) in [6, 6.07) is 18.7. The second kappa shape index (κ2) is 9.49. The maximum Gasteiger partial charge on any atom is 0.216 e. The number of rotatable bonds is 0. The lowest BCUT2D eigenvalue weighted by Gasteiger charge is -2.38. The third-order valence-electron chi connectivity index (χ3n) is 4.89. The standard InChI is InChI=1S/C18H18S2.2ClHO4/c1-2-8-14-13(7-1)19-15-9-3-5-11-17(15)20(14)18-12-6-4-10-16(18)19;2*2-1(3,4)5/h1-3,5,7-9,11,16,18H,4,6,10,12H2;2*(H,2,3,4,5)/q+2;;/p-2. The van der Waals surface area contributed by atoms with Gasteiger partial charge in [-0.25, -0.2) is 37.3 Å². The molecule has 2 unspecified atom stereocenters. The van der Waals surface area contributed by atoms with E-state index in [1.807, 2.05) is 0 Å². The molecule has 1 saturated carbocycles. The first-order valence-electron chi connectivity index (χ1n) is 8.83. The average Bonchev–Trinajstić information content (AvgIpc) is 2.65. The van der Waals surface area contributed by atoms with Crippen LogP contribution in [0.1, 0.15) is 25.7 Å². The summed E-state index contributed by atoms with van der Waals surface area (Å²) in [7, 11) is -9.18. The third-order valence-corrected chi connectivity index (χ3v) is 11.0. The molecule has 0 aromatic heterocycles. The highest BCUT2D eigenvalue weighted by Gasteiger charge is 2.65. The highest BCUT2D eigenvalue weighted by Crippen LogP contribution is 2.55. The molecule has 2 aromatic rings. The van der Waals surface area contributed by atoms with Crippen LogP contribution >= 0.6 is 0 Å². The lowest BCUT2D eigenvalue weighted by Crippen LogP contribution is -2.68. The SMILES string of the molecule is [O-][Cl+3]([O-])([O-])[O-].[O-][Cl+3]([O-])([O-])[O-].c1ccc2c(c1)[S+]1c3ccccc3[S+]2C2CCCCC21. The van der Waals surface area contributed by atoms with Crippen molar-refractivity contribution < 1.29 is 57.8 Å². The largest absolute Gasteiger partial charge is 0.222 e. The van der Waals surface area contributed by atoms with Gasteiger partial charge in [-0.05, 0) is 37.1 Å². The van der Waals surface area contributed by atoms with Crippen molar-refractivity contribution >= 4 is 21.8 Å². The van der Waals surface area contributed by atoms with E-state index in [0.717, 1.165) is 10.5 Å². The van der Waals surface area contributed by atoms with Crippen LogP contribution in [0.15, 0.2) is 68.1 Å². The molecule has 2 aromatic carbocycles. The molecule has 6 rings (SSSR count). The molecule has 12 heteroatoms. The zero-order chi connectivity index (χ0) is 22.1. The summed E-state index contributed by atoms with van der Waals surface area (Å²) < 4.78 is 67.9. The highest BCUT2D eigenvalue weighted by atomic mass is 35.7. The van der Waals surface area contributed by atoms with E-state index < -0.39 is 20.5 Å². The van der Waals surface area contributed by atoms with Gasteiger partial charge in [-0.2, -0.15) is 0 Å². The van der Waals surface area contributed by atoms with E-state index in [9.17, 15) is 0 Å². The molecule has 30 heavy (non-hydrogen) atoms. The van der Waals surface area contributed by atoms with Crippen LogP contribution in [-0.4, -0.2) is 10.5 Å². The van der Waals surface area contributed by atoms with E-state index in [2.05, 4.69) is 48.5 Å². The van der Waals surface area contributed by atoms with E-state index in [-0.39, 0.29) is 0 Å². The van der Waals surface area contributed by atoms with Gasteiger partial charge in [-0.1, -0.05) is 24.3 Å². The van der Waals surface area contributed by atoms with Gasteiger partial charge in [0.1, 0.15) is 0 Å². The van der Waals surface area contributed by atoms with Crippen molar-refractivity contribution in [1.82, 2.24) is 0 Å². The molecule has 164 valence electrons. The summed E-state index contributed by atoms with van der Waals surface area (Å²) in [5.74, 6) is 0. The molecule has 1 aliphatic carbocycles. The fourth-order valence-corrected chi connectivity index (χ4v) is 11.4. The molecule has 0 spiro atoms. The fraction of sp³-hybridized carbons (Fsp3) is 0.333. The van der Waals surface area contributed by atoms with Crippen molar-refractivity contribution in [2.75, 3.05) is 0 Å². The Hall–Kier alpha value is -0.600. The number of hydrogen-bond acceptors (Lipinski definition) is 8. The molecule has 3 aliphatic heterocycles. The lowest BCUT2D eigenvalue weighted by molar-refractivity contribution is -2.00. The molecule has 2 atom stereocenters. The Bertz CT molecular complexity index is 744. The van der Waals surface area contributed by atoms with Crippen LogP contribution in [-0.2, 0) is 21.8 Å². The van der Waals surface area contributed by atoms with Crippen molar-refractivity contribution in [3.05, 3.63) is 48.5 Å². The Morgan fingerprint density at radius 3 is 1.00 bits per heavy atom. The predicted molar refractivity (Wildman–Crippen MR) is 86.7 cm³/mol. The number of halogens is 2. The summed E-state index contributed by atoms with van der Waals surface area (Å²) in [4.78, 5) is 6.71. The fourth-order valence-electron chi connectivity index (χ4n) is 4.12. The van der Waals surface area contributed by atoms with Gasteiger partial charge in [-0.15, -0.1) is 20.5 Å². The molecular weight excluding hydrogens is 479 g/mol. The molecular formula is C18H18Cl2O8S2. The molecule has 0 N–H and O–H groups in total. The molecule has 4 aliphatic rings. The topological polar surface area (TPSA) is 184 Å². The lowest BCUT2D eigenvalue weighted by atomic mass is 9.99. The minimum atomic E-state index is -4.94. The Morgan fingerprint density at radius 2 is 0.767 bits per heavy atom. The molecule has 0 saturated heterocycles. The van der Waals surface area contributed by atoms with Gasteiger partial charge < -0.3 is 0 Å². The van der Waals surface area contributed by atoms with E-state index in [4.69, 9.17) is 37.3 Å². The summed E-state index contributed by atoms with van der Waals surface area (Å²) >= 11 is 0. The van der Waals surface area contributed by atoms with Gasteiger partial charge >= 0.3 is 0 Å². The molecule has 0 radical (unpaired) electrons. The minimum Gasteiger partial charge on any atom is -0.222 e. The highest BCUT2D eigenvalue weighted by molar-refractivity contribution is 8.06. The monoisotopic (exact) mass is 496 g/mol. The van der Waals surface area contributed by atoms with Crippen molar-refractivity contribution in [2.45, 2.75) is 55.8 Å². The Labute approximate surface area is 183 Å². The number of benzene rings is 2. The predicted octanol–water partition coefficient (Wildman–Crippen LogP) is -5.11. The number of hydrogen-bond donors (Lipinski definition) is 0. The minimum absolute atomic E-state index is 0.355. The first-order valence-corrected chi connectivity index (χ1v) is 13.9. The van der Waals surface area contributed by atoms with Crippen molar-refractivity contribution in [2.24, 2.45) is 0 Å². The Kier molecular flexibility index (Phi) is 7.61. The van der Waals surface area contributed by atoms with Gasteiger partial charge in [-0.3, -0.25) is 0 Å². The zero-order valence-corrected chi connectivity index (χ0v) is 18.6. The average molecular weight is 497 g/mol. The molecule has 1 fully saturated rings. The maximum atomic E-state index is 8.49. The van der Waals surface area contributed by atoms with E-state index in [0.29, 0.717) is 21.8 Å². The second-order valence-electron chi connectivity index (χ2n) is 6.69. The van der Waals surface area contributed by atoms with Gasteiger partial charge in [0.25, 0.3) is 0 Å². The normalized spacial score (nSPS) is 26.1. The molecule has 3 heterocycles. The van der Waals surface area contributed by atoms with Gasteiger partial charge in [0.05, 0.1) is 21.8 Å². The first-order chi connectivity index (χ1) is 13.9. The van der Waals surface area contributed by atoms with E-state index in [1.165, 1.54) is 25.7 Å². The van der Waals surface area contributed by atoms with E-state index >= 15 is 0 Å². The van der Waals surface area contributed by atoms with Crippen LogP contribution in [0, 0.1) is 20.5 Å². The first kappa shape index (κ1) is 24.1. The third kappa shape index (κ3) is 6.00. The van der Waals surface area contributed by atoms with Crippen LogP contribution in [0.2, 0.25) is 0 Å². The molecule has 8 nitrogen and oxygen atoms in total. The Balaban J connectivity index is 0.000000218. The van der Waals surface area contributed by atoms with Crippen LogP contribution < -0.4 is 37.3 Å².